The number of H-pyrrole nitrogens is 1. The molecule has 4 rings (SSSR count). The largest absolute Gasteiger partial charge is 0.453 e. The van der Waals surface area contributed by atoms with Gasteiger partial charge in [0.25, 0.3) is 5.82 Å². The number of pyridine rings is 1. The standard InChI is InChI=1S/C17H15F4N5O/c1-9-6-13(11-7-10(18)2-3-12(11)22-9)26-4-5-27-14(8-26)15-23-16(25-24-15)17(19,20)21/h2-3,6-7,14H,4-5,8H2,1H3,(H,23,24,25). The van der Waals surface area contributed by atoms with E-state index in [1.807, 2.05) is 17.9 Å². The van der Waals surface area contributed by atoms with Crippen molar-refractivity contribution in [3.63, 3.8) is 0 Å². The molecular formula is C17H15F4N5O. The van der Waals surface area contributed by atoms with Gasteiger partial charge in [-0.15, -0.1) is 5.10 Å². The molecule has 1 aliphatic heterocycles. The lowest BCUT2D eigenvalue weighted by molar-refractivity contribution is -0.144. The Kier molecular flexibility index (Phi) is 4.22. The summed E-state index contributed by atoms with van der Waals surface area (Å²) >= 11 is 0. The SMILES string of the molecule is Cc1cc(N2CCOC(c3nc(C(F)(F)F)n[nH]3)C2)c2cc(F)ccc2n1. The summed E-state index contributed by atoms with van der Waals surface area (Å²) in [4.78, 5) is 9.84. The average Bonchev–Trinajstić information content (AvgIpc) is 3.12. The monoisotopic (exact) mass is 381 g/mol. The molecule has 0 amide bonds. The molecular weight excluding hydrogens is 366 g/mol. The molecule has 0 bridgehead atoms. The molecule has 0 aliphatic carbocycles. The highest BCUT2D eigenvalue weighted by molar-refractivity contribution is 5.92. The Bertz CT molecular complexity index is 987. The number of morpholine rings is 1. The zero-order valence-corrected chi connectivity index (χ0v) is 14.2. The highest BCUT2D eigenvalue weighted by atomic mass is 19.4. The molecule has 1 aromatic carbocycles. The first-order valence-corrected chi connectivity index (χ1v) is 8.24. The third-order valence-corrected chi connectivity index (χ3v) is 4.35. The zero-order valence-electron chi connectivity index (χ0n) is 14.2. The molecule has 1 saturated heterocycles. The first kappa shape index (κ1) is 17.7. The lowest BCUT2D eigenvalue weighted by atomic mass is 10.1. The van der Waals surface area contributed by atoms with Crippen LogP contribution in [0.3, 0.4) is 0 Å². The molecule has 1 N–H and O–H groups in total. The Morgan fingerprint density at radius 2 is 2.04 bits per heavy atom. The van der Waals surface area contributed by atoms with Crippen molar-refractivity contribution in [3.05, 3.63) is 47.4 Å². The van der Waals surface area contributed by atoms with E-state index in [0.717, 1.165) is 11.4 Å². The second-order valence-corrected chi connectivity index (χ2v) is 6.29. The van der Waals surface area contributed by atoms with Gasteiger partial charge in [0.05, 0.1) is 18.7 Å². The van der Waals surface area contributed by atoms with E-state index in [9.17, 15) is 17.6 Å². The van der Waals surface area contributed by atoms with Crippen LogP contribution in [-0.4, -0.2) is 39.9 Å². The Morgan fingerprint density at radius 3 is 2.78 bits per heavy atom. The number of hydrogen-bond donors (Lipinski definition) is 1. The molecule has 3 heterocycles. The van der Waals surface area contributed by atoms with Gasteiger partial charge < -0.3 is 9.64 Å². The fourth-order valence-electron chi connectivity index (χ4n) is 3.15. The van der Waals surface area contributed by atoms with Crippen LogP contribution >= 0.6 is 0 Å². The predicted octanol–water partition coefficient (Wildman–Crippen LogP) is 3.40. The third-order valence-electron chi connectivity index (χ3n) is 4.35. The summed E-state index contributed by atoms with van der Waals surface area (Å²) in [5.74, 6) is -1.61. The summed E-state index contributed by atoms with van der Waals surface area (Å²) in [5.41, 5.74) is 2.15. The van der Waals surface area contributed by atoms with E-state index in [1.165, 1.54) is 12.1 Å². The maximum atomic E-state index is 13.7. The van der Waals surface area contributed by atoms with Crippen LogP contribution < -0.4 is 4.90 Å². The second-order valence-electron chi connectivity index (χ2n) is 6.29. The van der Waals surface area contributed by atoms with Crippen molar-refractivity contribution < 1.29 is 22.3 Å². The molecule has 0 saturated carbocycles. The van der Waals surface area contributed by atoms with Crippen LogP contribution in [0.1, 0.15) is 23.4 Å². The number of hydrogen-bond acceptors (Lipinski definition) is 5. The van der Waals surface area contributed by atoms with E-state index in [0.29, 0.717) is 17.4 Å². The molecule has 3 aromatic rings. The van der Waals surface area contributed by atoms with E-state index < -0.39 is 18.1 Å². The van der Waals surface area contributed by atoms with Gasteiger partial charge in [-0.2, -0.15) is 13.2 Å². The first-order chi connectivity index (χ1) is 12.8. The fraction of sp³-hybridized carbons (Fsp3) is 0.353. The van der Waals surface area contributed by atoms with Gasteiger partial charge in [-0.1, -0.05) is 0 Å². The topological polar surface area (TPSA) is 66.9 Å². The Balaban J connectivity index is 1.67. The molecule has 6 nitrogen and oxygen atoms in total. The van der Waals surface area contributed by atoms with Gasteiger partial charge in [0.2, 0.25) is 0 Å². The number of rotatable bonds is 2. The molecule has 1 fully saturated rings. The number of benzene rings is 1. The van der Waals surface area contributed by atoms with Crippen molar-refractivity contribution in [2.75, 3.05) is 24.6 Å². The van der Waals surface area contributed by atoms with Crippen molar-refractivity contribution in [2.45, 2.75) is 19.2 Å². The van der Waals surface area contributed by atoms with Crippen LogP contribution in [0.5, 0.6) is 0 Å². The minimum Gasteiger partial charge on any atom is -0.367 e. The number of anilines is 1. The van der Waals surface area contributed by atoms with Crippen LogP contribution in [0, 0.1) is 12.7 Å². The van der Waals surface area contributed by atoms with E-state index in [4.69, 9.17) is 4.74 Å². The number of aromatic nitrogens is 4. The molecule has 27 heavy (non-hydrogen) atoms. The number of aryl methyl sites for hydroxylation is 1. The van der Waals surface area contributed by atoms with Crippen LogP contribution in [0.4, 0.5) is 23.2 Å². The van der Waals surface area contributed by atoms with Gasteiger partial charge >= 0.3 is 6.18 Å². The minimum absolute atomic E-state index is 0.00768. The summed E-state index contributed by atoms with van der Waals surface area (Å²) in [6.07, 6.45) is -5.33. The van der Waals surface area contributed by atoms with E-state index >= 15 is 0 Å². The zero-order chi connectivity index (χ0) is 19.2. The predicted molar refractivity (Wildman–Crippen MR) is 88.7 cm³/mol. The maximum absolute atomic E-state index is 13.7. The van der Waals surface area contributed by atoms with Gasteiger partial charge in [-0.3, -0.25) is 10.1 Å². The van der Waals surface area contributed by atoms with Gasteiger partial charge in [0, 0.05) is 23.3 Å². The third kappa shape index (κ3) is 3.44. The Morgan fingerprint density at radius 1 is 1.22 bits per heavy atom. The van der Waals surface area contributed by atoms with E-state index in [-0.39, 0.29) is 24.8 Å². The number of halogens is 4. The number of fused-ring (bicyclic) bond motifs is 1. The number of alkyl halides is 3. The quantitative estimate of drug-likeness (QED) is 0.690. The average molecular weight is 381 g/mol. The van der Waals surface area contributed by atoms with Gasteiger partial charge in [-0.05, 0) is 31.2 Å². The molecule has 1 atom stereocenters. The molecule has 1 aliphatic rings. The van der Waals surface area contributed by atoms with Gasteiger partial charge in [-0.25, -0.2) is 9.37 Å². The lowest BCUT2D eigenvalue weighted by Crippen LogP contribution is -2.39. The van der Waals surface area contributed by atoms with Crippen molar-refractivity contribution in [3.8, 4) is 0 Å². The molecule has 142 valence electrons. The molecule has 0 spiro atoms. The van der Waals surface area contributed by atoms with Gasteiger partial charge in [0.1, 0.15) is 11.9 Å². The smallest absolute Gasteiger partial charge is 0.367 e. The highest BCUT2D eigenvalue weighted by Gasteiger charge is 2.37. The fourth-order valence-corrected chi connectivity index (χ4v) is 3.15. The van der Waals surface area contributed by atoms with Gasteiger partial charge in [0.15, 0.2) is 5.82 Å². The molecule has 10 heteroatoms. The Labute approximate surface area is 151 Å². The number of ether oxygens (including phenoxy) is 1. The van der Waals surface area contributed by atoms with Crippen LogP contribution in [0.25, 0.3) is 10.9 Å². The minimum atomic E-state index is -4.63. The first-order valence-electron chi connectivity index (χ1n) is 8.24. The van der Waals surface area contributed by atoms with Crippen LogP contribution in [0.2, 0.25) is 0 Å². The molecule has 0 radical (unpaired) electrons. The van der Waals surface area contributed by atoms with Crippen molar-refractivity contribution in [1.29, 1.82) is 0 Å². The summed E-state index contributed by atoms with van der Waals surface area (Å²) in [6.45, 7) is 2.87. The van der Waals surface area contributed by atoms with Crippen LogP contribution in [-0.2, 0) is 10.9 Å². The van der Waals surface area contributed by atoms with Crippen molar-refractivity contribution in [2.24, 2.45) is 0 Å². The summed E-state index contributed by atoms with van der Waals surface area (Å²) in [6, 6.07) is 6.17. The Hall–Kier alpha value is -2.75. The number of nitrogens with zero attached hydrogens (tertiary/aromatic N) is 4. The second kappa shape index (κ2) is 6.45. The number of aromatic amines is 1. The van der Waals surface area contributed by atoms with E-state index in [2.05, 4.69) is 20.2 Å². The molecule has 1 unspecified atom stereocenters. The van der Waals surface area contributed by atoms with Crippen LogP contribution in [0.15, 0.2) is 24.3 Å². The maximum Gasteiger partial charge on any atom is 0.453 e. The lowest BCUT2D eigenvalue weighted by Gasteiger charge is -2.34. The normalized spacial score (nSPS) is 18.3. The van der Waals surface area contributed by atoms with Crippen molar-refractivity contribution >= 4 is 16.6 Å². The summed E-state index contributed by atoms with van der Waals surface area (Å²) in [7, 11) is 0. The number of nitrogens with one attached hydrogen (secondary N) is 1. The summed E-state index contributed by atoms with van der Waals surface area (Å²) in [5, 5.41) is 6.16. The molecule has 2 aromatic heterocycles. The highest BCUT2D eigenvalue weighted by Crippen LogP contribution is 2.32. The summed E-state index contributed by atoms with van der Waals surface area (Å²) < 4.78 is 57.5. The van der Waals surface area contributed by atoms with Crippen molar-refractivity contribution in [1.82, 2.24) is 20.2 Å². The van der Waals surface area contributed by atoms with E-state index in [1.54, 1.807) is 6.07 Å².